The summed E-state index contributed by atoms with van der Waals surface area (Å²) in [6.07, 6.45) is 11.3. The Kier molecular flexibility index (Phi) is 3.04. The quantitative estimate of drug-likeness (QED) is 0.547. The summed E-state index contributed by atoms with van der Waals surface area (Å²) in [7, 11) is 0. The first kappa shape index (κ1) is 14.9. The molecule has 0 aromatic heterocycles. The molecule has 3 fully saturated rings. The van der Waals surface area contributed by atoms with E-state index in [9.17, 15) is 4.79 Å². The standard InChI is InChI=1S/C20H26N2O/c1-12-10-14-15-4-5-18(22-21)20(15,3)9-7-16(14)19(2)8-6-13(23)11-17(12)19/h6,8,11,14-16H,1,4-5,7,9-10,21H2,2-3H3/b22-18+. The summed E-state index contributed by atoms with van der Waals surface area (Å²) in [6, 6.07) is 0. The predicted molar refractivity (Wildman–Crippen MR) is 92.8 cm³/mol. The number of ketones is 1. The third kappa shape index (κ3) is 1.82. The SMILES string of the molecule is C=C1CC2C(CCC3(C)/C(=N/N)CCC23)C2(C)C=CC(=O)C=C12. The minimum Gasteiger partial charge on any atom is -0.323 e. The third-order valence-corrected chi connectivity index (χ3v) is 7.43. The van der Waals surface area contributed by atoms with E-state index in [1.54, 1.807) is 6.08 Å². The number of nitrogens with two attached hydrogens (primary N) is 1. The zero-order valence-electron chi connectivity index (χ0n) is 14.1. The fraction of sp³-hybridized carbons (Fsp3) is 0.600. The molecule has 0 spiro atoms. The minimum absolute atomic E-state index is 0.0299. The van der Waals surface area contributed by atoms with Crippen molar-refractivity contribution in [2.24, 2.45) is 39.5 Å². The lowest BCUT2D eigenvalue weighted by Crippen LogP contribution is -2.50. The highest BCUT2D eigenvalue weighted by atomic mass is 16.1. The maximum absolute atomic E-state index is 11.8. The zero-order valence-corrected chi connectivity index (χ0v) is 14.1. The maximum atomic E-state index is 11.8. The molecule has 0 radical (unpaired) electrons. The Balaban J connectivity index is 1.76. The summed E-state index contributed by atoms with van der Waals surface area (Å²) in [5.41, 5.74) is 3.70. The molecule has 4 rings (SSSR count). The van der Waals surface area contributed by atoms with E-state index in [2.05, 4.69) is 31.6 Å². The van der Waals surface area contributed by atoms with Crippen molar-refractivity contribution in [3.8, 4) is 0 Å². The Morgan fingerprint density at radius 3 is 2.83 bits per heavy atom. The van der Waals surface area contributed by atoms with E-state index >= 15 is 0 Å². The Bertz CT molecular complexity index is 686. The topological polar surface area (TPSA) is 55.4 Å². The van der Waals surface area contributed by atoms with Crippen LogP contribution < -0.4 is 5.84 Å². The van der Waals surface area contributed by atoms with Crippen LogP contribution >= 0.6 is 0 Å². The van der Waals surface area contributed by atoms with Crippen molar-refractivity contribution in [3.63, 3.8) is 0 Å². The van der Waals surface area contributed by atoms with Crippen LogP contribution in [0.2, 0.25) is 0 Å². The van der Waals surface area contributed by atoms with Gasteiger partial charge in [0.05, 0.1) is 0 Å². The summed E-state index contributed by atoms with van der Waals surface area (Å²) in [5.74, 6) is 7.65. The Morgan fingerprint density at radius 1 is 1.30 bits per heavy atom. The van der Waals surface area contributed by atoms with Crippen LogP contribution in [0.25, 0.3) is 0 Å². The number of fused-ring (bicyclic) bond motifs is 5. The van der Waals surface area contributed by atoms with Crippen LogP contribution in [0.3, 0.4) is 0 Å². The van der Waals surface area contributed by atoms with Crippen LogP contribution in [0, 0.1) is 28.6 Å². The molecular weight excluding hydrogens is 284 g/mol. The van der Waals surface area contributed by atoms with E-state index in [1.807, 2.05) is 6.08 Å². The van der Waals surface area contributed by atoms with Crippen molar-refractivity contribution in [1.29, 1.82) is 0 Å². The van der Waals surface area contributed by atoms with Gasteiger partial charge in [0.25, 0.3) is 0 Å². The van der Waals surface area contributed by atoms with E-state index in [0.717, 1.165) is 24.8 Å². The van der Waals surface area contributed by atoms with Crippen LogP contribution in [-0.2, 0) is 4.79 Å². The van der Waals surface area contributed by atoms with Gasteiger partial charge in [0.2, 0.25) is 0 Å². The van der Waals surface area contributed by atoms with Crippen molar-refractivity contribution in [2.75, 3.05) is 0 Å². The molecule has 0 aliphatic heterocycles. The molecular formula is C20H26N2O. The van der Waals surface area contributed by atoms with Gasteiger partial charge in [0.15, 0.2) is 5.78 Å². The first-order chi connectivity index (χ1) is 10.9. The maximum Gasteiger partial charge on any atom is 0.178 e. The molecule has 0 heterocycles. The number of carbonyl (C=O) groups is 1. The van der Waals surface area contributed by atoms with Gasteiger partial charge < -0.3 is 5.84 Å². The molecule has 0 aromatic carbocycles. The van der Waals surface area contributed by atoms with Gasteiger partial charge >= 0.3 is 0 Å². The van der Waals surface area contributed by atoms with Crippen molar-refractivity contribution in [3.05, 3.63) is 36.0 Å². The predicted octanol–water partition coefficient (Wildman–Crippen LogP) is 3.78. The molecule has 5 atom stereocenters. The number of nitrogens with zero attached hydrogens (tertiary/aromatic N) is 1. The summed E-state index contributed by atoms with van der Waals surface area (Å²) in [5, 5.41) is 4.13. The van der Waals surface area contributed by atoms with Gasteiger partial charge in [-0.2, -0.15) is 5.10 Å². The van der Waals surface area contributed by atoms with Gasteiger partial charge in [0.1, 0.15) is 0 Å². The molecule has 122 valence electrons. The van der Waals surface area contributed by atoms with E-state index in [0.29, 0.717) is 17.8 Å². The van der Waals surface area contributed by atoms with Gasteiger partial charge in [0, 0.05) is 16.5 Å². The summed E-state index contributed by atoms with van der Waals surface area (Å²) >= 11 is 0. The zero-order chi connectivity index (χ0) is 16.4. The highest BCUT2D eigenvalue weighted by molar-refractivity contribution is 6.02. The summed E-state index contributed by atoms with van der Waals surface area (Å²) < 4.78 is 0. The smallest absolute Gasteiger partial charge is 0.178 e. The van der Waals surface area contributed by atoms with E-state index in [4.69, 9.17) is 5.84 Å². The molecule has 4 aliphatic carbocycles. The van der Waals surface area contributed by atoms with Crippen molar-refractivity contribution < 1.29 is 4.79 Å². The second kappa shape index (κ2) is 4.68. The van der Waals surface area contributed by atoms with Crippen LogP contribution in [0.4, 0.5) is 0 Å². The Labute approximate surface area is 138 Å². The van der Waals surface area contributed by atoms with Gasteiger partial charge in [-0.3, -0.25) is 4.79 Å². The molecule has 3 heteroatoms. The molecule has 0 saturated heterocycles. The van der Waals surface area contributed by atoms with Crippen molar-refractivity contribution in [1.82, 2.24) is 0 Å². The largest absolute Gasteiger partial charge is 0.323 e. The third-order valence-electron chi connectivity index (χ3n) is 7.43. The van der Waals surface area contributed by atoms with E-state index < -0.39 is 0 Å². The van der Waals surface area contributed by atoms with Gasteiger partial charge in [-0.25, -0.2) is 0 Å². The van der Waals surface area contributed by atoms with Crippen molar-refractivity contribution >= 4 is 11.5 Å². The number of rotatable bonds is 0. The number of hydrazone groups is 1. The number of allylic oxidation sites excluding steroid dienone is 5. The highest BCUT2D eigenvalue weighted by Crippen LogP contribution is 2.64. The first-order valence-electron chi connectivity index (χ1n) is 8.81. The Hall–Kier alpha value is -1.64. The first-order valence-corrected chi connectivity index (χ1v) is 8.81. The fourth-order valence-corrected chi connectivity index (χ4v) is 6.21. The highest BCUT2D eigenvalue weighted by Gasteiger charge is 2.58. The number of carbonyl (C=O) groups excluding carboxylic acids is 1. The minimum atomic E-state index is -0.0299. The lowest BCUT2D eigenvalue weighted by Gasteiger charge is -2.56. The molecule has 0 aromatic rings. The molecule has 3 saturated carbocycles. The van der Waals surface area contributed by atoms with Crippen molar-refractivity contribution in [2.45, 2.75) is 46.0 Å². The Morgan fingerprint density at radius 2 is 2.09 bits per heavy atom. The lowest BCUT2D eigenvalue weighted by atomic mass is 9.48. The molecule has 3 nitrogen and oxygen atoms in total. The number of hydrogen-bond acceptors (Lipinski definition) is 3. The van der Waals surface area contributed by atoms with Crippen LogP contribution in [0.1, 0.15) is 46.0 Å². The lowest BCUT2D eigenvalue weighted by molar-refractivity contribution is -0.110. The summed E-state index contributed by atoms with van der Waals surface area (Å²) in [6.45, 7) is 9.01. The molecule has 2 N–H and O–H groups in total. The average Bonchev–Trinajstić information content (AvgIpc) is 2.86. The van der Waals surface area contributed by atoms with Crippen LogP contribution in [0.15, 0.2) is 41.1 Å². The number of hydrogen-bond donors (Lipinski definition) is 1. The second-order valence-corrected chi connectivity index (χ2v) is 8.33. The molecule has 0 amide bonds. The second-order valence-electron chi connectivity index (χ2n) is 8.33. The van der Waals surface area contributed by atoms with Crippen LogP contribution in [-0.4, -0.2) is 11.5 Å². The average molecular weight is 310 g/mol. The molecule has 23 heavy (non-hydrogen) atoms. The summed E-state index contributed by atoms with van der Waals surface area (Å²) in [4.78, 5) is 11.8. The molecule has 4 aliphatic rings. The van der Waals surface area contributed by atoms with E-state index in [-0.39, 0.29) is 16.6 Å². The van der Waals surface area contributed by atoms with Gasteiger partial charge in [-0.15, -0.1) is 0 Å². The van der Waals surface area contributed by atoms with E-state index in [1.165, 1.54) is 24.1 Å². The van der Waals surface area contributed by atoms with Gasteiger partial charge in [-0.1, -0.05) is 32.1 Å². The van der Waals surface area contributed by atoms with Gasteiger partial charge in [-0.05, 0) is 67.6 Å². The molecule has 5 unspecified atom stereocenters. The molecule has 0 bridgehead atoms. The van der Waals surface area contributed by atoms with Crippen LogP contribution in [0.5, 0.6) is 0 Å². The fourth-order valence-electron chi connectivity index (χ4n) is 6.21. The monoisotopic (exact) mass is 310 g/mol. The normalized spacial score (nSPS) is 47.1.